The lowest BCUT2D eigenvalue weighted by molar-refractivity contribution is -0.119. The molecule has 34 heavy (non-hydrogen) atoms. The Morgan fingerprint density at radius 3 is 2.26 bits per heavy atom. The van der Waals surface area contributed by atoms with Gasteiger partial charge < -0.3 is 14.8 Å². The van der Waals surface area contributed by atoms with Crippen LogP contribution in [0.4, 0.5) is 11.4 Å². The van der Waals surface area contributed by atoms with Crippen LogP contribution >= 0.6 is 0 Å². The molecule has 0 aromatic heterocycles. The van der Waals surface area contributed by atoms with Gasteiger partial charge in [0, 0.05) is 6.54 Å². The third-order valence-corrected chi connectivity index (χ3v) is 6.89. The Hall–Kier alpha value is -3.85. The first-order chi connectivity index (χ1) is 16.3. The molecule has 0 aliphatic carbocycles. The number of aryl methyl sites for hydroxylation is 1. The quantitative estimate of drug-likeness (QED) is 0.462. The lowest BCUT2D eigenvalue weighted by atomic mass is 10.2. The van der Waals surface area contributed by atoms with Gasteiger partial charge in [0.1, 0.15) is 5.75 Å². The third kappa shape index (κ3) is 5.74. The molecule has 0 aliphatic heterocycles. The van der Waals surface area contributed by atoms with E-state index in [1.807, 2.05) is 19.1 Å². The molecule has 9 heteroatoms. The summed E-state index contributed by atoms with van der Waals surface area (Å²) >= 11 is 0. The van der Waals surface area contributed by atoms with Crippen LogP contribution in [0.3, 0.4) is 0 Å². The maximum Gasteiger partial charge on any atom is 0.338 e. The van der Waals surface area contributed by atoms with Gasteiger partial charge in [-0.2, -0.15) is 0 Å². The van der Waals surface area contributed by atoms with Gasteiger partial charge in [0.2, 0.25) is 0 Å². The molecule has 0 heterocycles. The van der Waals surface area contributed by atoms with Crippen molar-refractivity contribution < 1.29 is 27.5 Å². The maximum absolute atomic E-state index is 13.1. The molecule has 0 saturated heterocycles. The molecule has 3 aromatic rings. The van der Waals surface area contributed by atoms with E-state index < -0.39 is 28.5 Å². The standard InChI is InChI=1S/C25H26N2O6S/c1-4-27(20-8-6-5-7-9-20)34(30,31)21-13-11-19(12-14-21)25(29)33-17-24(28)26-22-16-18(2)10-15-23(22)32-3/h5-16H,4,17H2,1-3H3,(H,26,28). The summed E-state index contributed by atoms with van der Waals surface area (Å²) in [6.45, 7) is 3.36. The molecular weight excluding hydrogens is 456 g/mol. The maximum atomic E-state index is 13.1. The number of amides is 1. The summed E-state index contributed by atoms with van der Waals surface area (Å²) in [6.07, 6.45) is 0. The zero-order valence-electron chi connectivity index (χ0n) is 19.1. The second kappa shape index (κ2) is 10.8. The SMILES string of the molecule is CCN(c1ccccc1)S(=O)(=O)c1ccc(C(=O)OCC(=O)Nc2cc(C)ccc2OC)cc1. The summed E-state index contributed by atoms with van der Waals surface area (Å²) in [5.74, 6) is -0.790. The Bertz CT molecular complexity index is 1260. The normalized spacial score (nSPS) is 10.9. The van der Waals surface area contributed by atoms with Crippen LogP contribution in [0.5, 0.6) is 5.75 Å². The lowest BCUT2D eigenvalue weighted by Crippen LogP contribution is -2.30. The first-order valence-corrected chi connectivity index (χ1v) is 12.0. The van der Waals surface area contributed by atoms with Crippen molar-refractivity contribution in [2.45, 2.75) is 18.7 Å². The molecule has 0 aliphatic rings. The van der Waals surface area contributed by atoms with Gasteiger partial charge in [0.05, 0.1) is 28.9 Å². The predicted octanol–water partition coefficient (Wildman–Crippen LogP) is 4.01. The molecule has 0 atom stereocenters. The number of hydrogen-bond acceptors (Lipinski definition) is 6. The number of nitrogens with one attached hydrogen (secondary N) is 1. The molecule has 1 amide bonds. The summed E-state index contributed by atoms with van der Waals surface area (Å²) in [7, 11) is -2.32. The number of benzene rings is 3. The third-order valence-electron chi connectivity index (χ3n) is 4.97. The van der Waals surface area contributed by atoms with Gasteiger partial charge in [0.25, 0.3) is 15.9 Å². The molecule has 0 unspecified atom stereocenters. The van der Waals surface area contributed by atoms with Crippen molar-refractivity contribution in [3.8, 4) is 5.75 Å². The van der Waals surface area contributed by atoms with E-state index in [0.29, 0.717) is 17.1 Å². The summed E-state index contributed by atoms with van der Waals surface area (Å²) < 4.78 is 37.7. The largest absolute Gasteiger partial charge is 0.495 e. The van der Waals surface area contributed by atoms with Crippen molar-refractivity contribution in [3.05, 3.63) is 83.9 Å². The Kier molecular flexibility index (Phi) is 7.91. The van der Waals surface area contributed by atoms with Crippen molar-refractivity contribution in [1.29, 1.82) is 0 Å². The van der Waals surface area contributed by atoms with E-state index in [9.17, 15) is 18.0 Å². The predicted molar refractivity (Wildman–Crippen MR) is 130 cm³/mol. The Balaban J connectivity index is 1.65. The van der Waals surface area contributed by atoms with Crippen molar-refractivity contribution in [1.82, 2.24) is 0 Å². The van der Waals surface area contributed by atoms with E-state index in [-0.39, 0.29) is 17.0 Å². The van der Waals surface area contributed by atoms with Crippen molar-refractivity contribution in [2.24, 2.45) is 0 Å². The number of rotatable bonds is 9. The second-order valence-corrected chi connectivity index (χ2v) is 9.22. The molecule has 0 spiro atoms. The highest BCUT2D eigenvalue weighted by atomic mass is 32.2. The van der Waals surface area contributed by atoms with E-state index in [0.717, 1.165) is 5.56 Å². The van der Waals surface area contributed by atoms with Crippen LogP contribution < -0.4 is 14.4 Å². The fourth-order valence-electron chi connectivity index (χ4n) is 3.30. The molecule has 178 valence electrons. The van der Waals surface area contributed by atoms with Crippen LogP contribution in [-0.4, -0.2) is 40.6 Å². The number of carbonyl (C=O) groups is 2. The van der Waals surface area contributed by atoms with Gasteiger partial charge in [-0.3, -0.25) is 9.10 Å². The van der Waals surface area contributed by atoms with Crippen LogP contribution in [0.25, 0.3) is 0 Å². The number of hydrogen-bond donors (Lipinski definition) is 1. The first-order valence-electron chi connectivity index (χ1n) is 10.6. The van der Waals surface area contributed by atoms with E-state index >= 15 is 0 Å². The fraction of sp³-hybridized carbons (Fsp3) is 0.200. The molecule has 0 bridgehead atoms. The molecular formula is C25H26N2O6S. The van der Waals surface area contributed by atoms with Gasteiger partial charge in [-0.15, -0.1) is 0 Å². The van der Waals surface area contributed by atoms with E-state index in [1.54, 1.807) is 43.3 Å². The lowest BCUT2D eigenvalue weighted by Gasteiger charge is -2.22. The molecule has 0 saturated carbocycles. The smallest absolute Gasteiger partial charge is 0.338 e. The molecule has 1 N–H and O–H groups in total. The second-order valence-electron chi connectivity index (χ2n) is 7.36. The van der Waals surface area contributed by atoms with Crippen molar-refractivity contribution in [3.63, 3.8) is 0 Å². The highest BCUT2D eigenvalue weighted by Gasteiger charge is 2.24. The average Bonchev–Trinajstić information content (AvgIpc) is 2.84. The fourth-order valence-corrected chi connectivity index (χ4v) is 4.77. The van der Waals surface area contributed by atoms with Crippen LogP contribution in [0.1, 0.15) is 22.8 Å². The van der Waals surface area contributed by atoms with E-state index in [1.165, 1.54) is 35.7 Å². The number of anilines is 2. The number of ether oxygens (including phenoxy) is 2. The number of nitrogens with zero attached hydrogens (tertiary/aromatic N) is 1. The Labute approximate surface area is 199 Å². The monoisotopic (exact) mass is 482 g/mol. The van der Waals surface area contributed by atoms with Crippen LogP contribution in [0, 0.1) is 6.92 Å². The topological polar surface area (TPSA) is 102 Å². The van der Waals surface area contributed by atoms with E-state index in [4.69, 9.17) is 9.47 Å². The van der Waals surface area contributed by atoms with Crippen molar-refractivity contribution in [2.75, 3.05) is 29.9 Å². The number of esters is 1. The minimum atomic E-state index is -3.81. The molecule has 0 radical (unpaired) electrons. The number of methoxy groups -OCH3 is 1. The van der Waals surface area contributed by atoms with Crippen LogP contribution in [0.15, 0.2) is 77.7 Å². The highest BCUT2D eigenvalue weighted by molar-refractivity contribution is 7.92. The molecule has 3 rings (SSSR count). The zero-order chi connectivity index (χ0) is 24.7. The number of para-hydroxylation sites is 1. The minimum Gasteiger partial charge on any atom is -0.495 e. The highest BCUT2D eigenvalue weighted by Crippen LogP contribution is 2.25. The summed E-state index contributed by atoms with van der Waals surface area (Å²) in [4.78, 5) is 24.6. The average molecular weight is 483 g/mol. The summed E-state index contributed by atoms with van der Waals surface area (Å²) in [5.41, 5.74) is 2.07. The van der Waals surface area contributed by atoms with Gasteiger partial charge >= 0.3 is 5.97 Å². The van der Waals surface area contributed by atoms with Crippen LogP contribution in [-0.2, 0) is 19.6 Å². The zero-order valence-corrected chi connectivity index (χ0v) is 20.0. The van der Waals surface area contributed by atoms with Gasteiger partial charge in [0.15, 0.2) is 6.61 Å². The molecule has 3 aromatic carbocycles. The van der Waals surface area contributed by atoms with Gasteiger partial charge in [-0.25, -0.2) is 13.2 Å². The number of carbonyl (C=O) groups excluding carboxylic acids is 2. The summed E-state index contributed by atoms with van der Waals surface area (Å²) in [6, 6.07) is 19.5. The van der Waals surface area contributed by atoms with Gasteiger partial charge in [-0.05, 0) is 67.9 Å². The van der Waals surface area contributed by atoms with E-state index in [2.05, 4.69) is 5.32 Å². The Morgan fingerprint density at radius 2 is 1.65 bits per heavy atom. The minimum absolute atomic E-state index is 0.0408. The number of sulfonamides is 1. The Morgan fingerprint density at radius 1 is 0.971 bits per heavy atom. The van der Waals surface area contributed by atoms with Gasteiger partial charge in [-0.1, -0.05) is 24.3 Å². The molecule has 0 fully saturated rings. The molecule has 8 nitrogen and oxygen atoms in total. The van der Waals surface area contributed by atoms with Crippen molar-refractivity contribution >= 4 is 33.3 Å². The first kappa shape index (κ1) is 24.8. The van der Waals surface area contributed by atoms with Crippen LogP contribution in [0.2, 0.25) is 0 Å². The summed E-state index contributed by atoms with van der Waals surface area (Å²) in [5, 5.41) is 2.65.